The van der Waals surface area contributed by atoms with Crippen molar-refractivity contribution in [1.82, 2.24) is 14.8 Å². The summed E-state index contributed by atoms with van der Waals surface area (Å²) in [5.41, 5.74) is 2.58. The van der Waals surface area contributed by atoms with Gasteiger partial charge in [0, 0.05) is 11.3 Å². The van der Waals surface area contributed by atoms with Crippen molar-refractivity contribution in [3.05, 3.63) is 59.3 Å². The third-order valence-corrected chi connectivity index (χ3v) is 5.29. The molecule has 9 heteroatoms. The van der Waals surface area contributed by atoms with Crippen LogP contribution in [0.3, 0.4) is 0 Å². The molecular formula is C23H24N4O5. The highest BCUT2D eigenvalue weighted by Crippen LogP contribution is 2.44. The van der Waals surface area contributed by atoms with Crippen LogP contribution in [0, 0.1) is 0 Å². The molecule has 1 aliphatic rings. The molecule has 0 fully saturated rings. The number of aromatic nitrogens is 3. The largest absolute Gasteiger partial charge is 0.493 e. The lowest BCUT2D eigenvalue weighted by Gasteiger charge is -2.28. The zero-order chi connectivity index (χ0) is 22.8. The molecule has 1 unspecified atom stereocenters. The second-order valence-electron chi connectivity index (χ2n) is 7.09. The molecule has 0 saturated carbocycles. The number of nitrogens with zero attached hydrogens (tertiary/aromatic N) is 3. The van der Waals surface area contributed by atoms with E-state index in [0.717, 1.165) is 5.56 Å². The minimum atomic E-state index is -0.627. The van der Waals surface area contributed by atoms with Gasteiger partial charge >= 0.3 is 5.97 Å². The number of methoxy groups -OCH3 is 4. The second kappa shape index (κ2) is 8.62. The normalized spacial score (nSPS) is 15.0. The van der Waals surface area contributed by atoms with E-state index >= 15 is 0 Å². The Balaban J connectivity index is 1.94. The van der Waals surface area contributed by atoms with Gasteiger partial charge in [-0.05, 0) is 24.6 Å². The fourth-order valence-electron chi connectivity index (χ4n) is 3.80. The maximum Gasteiger partial charge on any atom is 0.338 e. The van der Waals surface area contributed by atoms with E-state index < -0.39 is 12.0 Å². The number of carbonyl (C=O) groups is 1. The first-order valence-corrected chi connectivity index (χ1v) is 9.90. The monoisotopic (exact) mass is 436 g/mol. The van der Waals surface area contributed by atoms with Crippen LogP contribution in [-0.4, -0.2) is 49.2 Å². The van der Waals surface area contributed by atoms with Gasteiger partial charge < -0.3 is 24.3 Å². The summed E-state index contributed by atoms with van der Waals surface area (Å²) in [6.45, 7) is 1.80. The maximum absolute atomic E-state index is 12.8. The Hall–Kier alpha value is -4.01. The Morgan fingerprint density at radius 2 is 1.66 bits per heavy atom. The van der Waals surface area contributed by atoms with Crippen molar-refractivity contribution in [2.24, 2.45) is 0 Å². The van der Waals surface area contributed by atoms with Crippen molar-refractivity contribution in [1.29, 1.82) is 0 Å². The SMILES string of the molecule is COC(=O)C1=C(C)Nc2nc(-c3ccccc3)nn2C1c1cc(OC)c(OC)c(OC)c1. The number of hydrogen-bond donors (Lipinski definition) is 1. The molecule has 1 aliphatic heterocycles. The van der Waals surface area contributed by atoms with Crippen LogP contribution in [0.2, 0.25) is 0 Å². The predicted molar refractivity (Wildman–Crippen MR) is 118 cm³/mol. The molecule has 1 aromatic heterocycles. The van der Waals surface area contributed by atoms with E-state index in [1.165, 1.54) is 14.2 Å². The van der Waals surface area contributed by atoms with Crippen molar-refractivity contribution in [3.63, 3.8) is 0 Å². The van der Waals surface area contributed by atoms with Crippen molar-refractivity contribution >= 4 is 11.9 Å². The van der Waals surface area contributed by atoms with E-state index in [0.29, 0.717) is 45.9 Å². The van der Waals surface area contributed by atoms with Gasteiger partial charge in [0.05, 0.1) is 34.0 Å². The summed E-state index contributed by atoms with van der Waals surface area (Å²) in [7, 11) is 5.97. The molecule has 3 aromatic rings. The minimum absolute atomic E-state index is 0.402. The molecule has 1 atom stereocenters. The molecule has 166 valence electrons. The standard InChI is InChI=1S/C23H24N4O5/c1-13-18(22(28)32-5)19(15-11-16(29-2)20(31-4)17(12-15)30-3)27-23(24-13)25-21(26-27)14-9-7-6-8-10-14/h6-12,19H,1-5H3,(H,24,25,26). The molecule has 0 radical (unpaired) electrons. The van der Waals surface area contributed by atoms with Crippen molar-refractivity contribution < 1.29 is 23.7 Å². The van der Waals surface area contributed by atoms with Gasteiger partial charge in [-0.2, -0.15) is 4.98 Å². The summed E-state index contributed by atoms with van der Waals surface area (Å²) in [5, 5.41) is 7.90. The fraction of sp³-hybridized carbons (Fsp3) is 0.261. The predicted octanol–water partition coefficient (Wildman–Crippen LogP) is 3.43. The number of carbonyl (C=O) groups excluding carboxylic acids is 1. The molecule has 1 N–H and O–H groups in total. The zero-order valence-electron chi connectivity index (χ0n) is 18.5. The van der Waals surface area contributed by atoms with Gasteiger partial charge in [-0.1, -0.05) is 30.3 Å². The molecule has 0 spiro atoms. The second-order valence-corrected chi connectivity index (χ2v) is 7.09. The molecule has 2 aromatic carbocycles. The Bertz CT molecular complexity index is 1160. The summed E-state index contributed by atoms with van der Waals surface area (Å²) in [6.07, 6.45) is 0. The number of anilines is 1. The average Bonchev–Trinajstić information content (AvgIpc) is 3.25. The Morgan fingerprint density at radius 3 is 2.22 bits per heavy atom. The first kappa shape index (κ1) is 21.2. The highest BCUT2D eigenvalue weighted by Gasteiger charge is 2.36. The molecule has 2 heterocycles. The number of hydrogen-bond acceptors (Lipinski definition) is 8. The quantitative estimate of drug-likeness (QED) is 0.587. The molecular weight excluding hydrogens is 412 g/mol. The highest BCUT2D eigenvalue weighted by molar-refractivity contribution is 5.92. The lowest BCUT2D eigenvalue weighted by molar-refractivity contribution is -0.136. The maximum atomic E-state index is 12.8. The van der Waals surface area contributed by atoms with Gasteiger partial charge in [-0.15, -0.1) is 5.10 Å². The Morgan fingerprint density at radius 1 is 1.00 bits per heavy atom. The van der Waals surface area contributed by atoms with Crippen LogP contribution in [0.4, 0.5) is 5.95 Å². The zero-order valence-corrected chi connectivity index (χ0v) is 18.5. The summed E-state index contributed by atoms with van der Waals surface area (Å²) < 4.78 is 23.3. The molecule has 0 bridgehead atoms. The summed E-state index contributed by atoms with van der Waals surface area (Å²) in [4.78, 5) is 17.5. The summed E-state index contributed by atoms with van der Waals surface area (Å²) in [6, 6.07) is 12.6. The van der Waals surface area contributed by atoms with Crippen molar-refractivity contribution in [2.45, 2.75) is 13.0 Å². The number of allylic oxidation sites excluding steroid dienone is 1. The van der Waals surface area contributed by atoms with Crippen molar-refractivity contribution in [3.8, 4) is 28.6 Å². The fourth-order valence-corrected chi connectivity index (χ4v) is 3.80. The van der Waals surface area contributed by atoms with Crippen LogP contribution in [0.15, 0.2) is 53.7 Å². The topological polar surface area (TPSA) is 96.7 Å². The Kier molecular flexibility index (Phi) is 5.72. The molecule has 9 nitrogen and oxygen atoms in total. The number of benzene rings is 2. The lowest BCUT2D eigenvalue weighted by Crippen LogP contribution is -2.29. The third-order valence-electron chi connectivity index (χ3n) is 5.29. The lowest BCUT2D eigenvalue weighted by atomic mass is 9.95. The number of fused-ring (bicyclic) bond motifs is 1. The number of nitrogens with one attached hydrogen (secondary N) is 1. The molecule has 0 aliphatic carbocycles. The first-order valence-electron chi connectivity index (χ1n) is 9.90. The smallest absolute Gasteiger partial charge is 0.338 e. The summed E-state index contributed by atoms with van der Waals surface area (Å²) >= 11 is 0. The minimum Gasteiger partial charge on any atom is -0.493 e. The van der Waals surface area contributed by atoms with Gasteiger partial charge in [0.25, 0.3) is 0 Å². The molecule has 0 saturated heterocycles. The van der Waals surface area contributed by atoms with Crippen molar-refractivity contribution in [2.75, 3.05) is 33.8 Å². The number of ether oxygens (including phenoxy) is 4. The number of rotatable bonds is 6. The van der Waals surface area contributed by atoms with Gasteiger partial charge in [0.1, 0.15) is 6.04 Å². The van der Waals surface area contributed by atoms with E-state index in [1.807, 2.05) is 30.3 Å². The van der Waals surface area contributed by atoms with E-state index in [-0.39, 0.29) is 0 Å². The van der Waals surface area contributed by atoms with Gasteiger partial charge in [-0.25, -0.2) is 9.48 Å². The number of esters is 1. The van der Waals surface area contributed by atoms with Gasteiger partial charge in [-0.3, -0.25) is 0 Å². The molecule has 32 heavy (non-hydrogen) atoms. The Labute approximate surface area is 185 Å². The van der Waals surface area contributed by atoms with Crippen LogP contribution >= 0.6 is 0 Å². The van der Waals surface area contributed by atoms with Crippen LogP contribution < -0.4 is 19.5 Å². The van der Waals surface area contributed by atoms with Gasteiger partial charge in [0.2, 0.25) is 11.7 Å². The van der Waals surface area contributed by atoms with E-state index in [4.69, 9.17) is 24.0 Å². The van der Waals surface area contributed by atoms with Crippen LogP contribution in [0.25, 0.3) is 11.4 Å². The first-order chi connectivity index (χ1) is 15.5. The summed E-state index contributed by atoms with van der Waals surface area (Å²) in [5.74, 6) is 1.95. The van der Waals surface area contributed by atoms with Gasteiger partial charge in [0.15, 0.2) is 17.3 Å². The third kappa shape index (κ3) is 3.51. The molecule has 0 amide bonds. The molecule has 4 rings (SSSR count). The van der Waals surface area contributed by atoms with Crippen LogP contribution in [0.5, 0.6) is 17.2 Å². The van der Waals surface area contributed by atoms with E-state index in [1.54, 1.807) is 38.0 Å². The average molecular weight is 436 g/mol. The van der Waals surface area contributed by atoms with E-state index in [2.05, 4.69) is 10.3 Å². The van der Waals surface area contributed by atoms with E-state index in [9.17, 15) is 4.79 Å². The highest BCUT2D eigenvalue weighted by atomic mass is 16.5. The van der Waals surface area contributed by atoms with Crippen LogP contribution in [0.1, 0.15) is 18.5 Å². The van der Waals surface area contributed by atoms with Crippen LogP contribution in [-0.2, 0) is 9.53 Å².